The Morgan fingerprint density at radius 2 is 2.20 bits per heavy atom. The smallest absolute Gasteiger partial charge is 0.357 e. The fourth-order valence-corrected chi connectivity index (χ4v) is 2.75. The Labute approximate surface area is 147 Å². The zero-order valence-corrected chi connectivity index (χ0v) is 14.4. The van der Waals surface area contributed by atoms with Crippen molar-refractivity contribution in [3.8, 4) is 0 Å². The van der Waals surface area contributed by atoms with Crippen LogP contribution in [0, 0.1) is 0 Å². The molecule has 1 N–H and O–H groups in total. The summed E-state index contributed by atoms with van der Waals surface area (Å²) < 4.78 is 10.2. The van der Waals surface area contributed by atoms with E-state index in [9.17, 15) is 9.59 Å². The minimum atomic E-state index is -0.484. The Bertz CT molecular complexity index is 1010. The SMILES string of the molecule is CCOC(=O)c1csc(N/N=C(/C)c2cc3ccccc3oc2=O)n1. The van der Waals surface area contributed by atoms with Gasteiger partial charge in [-0.25, -0.2) is 14.6 Å². The molecule has 8 heteroatoms. The van der Waals surface area contributed by atoms with Crippen LogP contribution in [-0.2, 0) is 4.74 Å². The number of ether oxygens (including phenoxy) is 1. The molecule has 0 aliphatic heterocycles. The summed E-state index contributed by atoms with van der Waals surface area (Å²) in [6, 6.07) is 8.99. The molecule has 7 nitrogen and oxygen atoms in total. The second kappa shape index (κ2) is 7.27. The summed E-state index contributed by atoms with van der Waals surface area (Å²) in [6.07, 6.45) is 0. The first kappa shape index (κ1) is 16.8. The van der Waals surface area contributed by atoms with E-state index in [1.165, 1.54) is 11.3 Å². The second-order valence-corrected chi connectivity index (χ2v) is 5.91. The van der Waals surface area contributed by atoms with E-state index in [1.54, 1.807) is 37.4 Å². The molecule has 2 heterocycles. The topological polar surface area (TPSA) is 93.8 Å². The number of esters is 1. The van der Waals surface area contributed by atoms with Gasteiger partial charge in [-0.15, -0.1) is 11.3 Å². The highest BCUT2D eigenvalue weighted by Gasteiger charge is 2.12. The van der Waals surface area contributed by atoms with Gasteiger partial charge >= 0.3 is 11.6 Å². The van der Waals surface area contributed by atoms with E-state index in [4.69, 9.17) is 9.15 Å². The van der Waals surface area contributed by atoms with Gasteiger partial charge in [0.25, 0.3) is 0 Å². The van der Waals surface area contributed by atoms with Gasteiger partial charge in [-0.2, -0.15) is 5.10 Å². The van der Waals surface area contributed by atoms with Crippen molar-refractivity contribution in [1.82, 2.24) is 4.98 Å². The molecule has 0 aliphatic carbocycles. The highest BCUT2D eigenvalue weighted by molar-refractivity contribution is 7.13. The molecule has 0 amide bonds. The molecule has 0 atom stereocenters. The third-order valence-corrected chi connectivity index (χ3v) is 4.09. The minimum Gasteiger partial charge on any atom is -0.461 e. The van der Waals surface area contributed by atoms with Crippen LogP contribution in [0.3, 0.4) is 0 Å². The number of anilines is 1. The lowest BCUT2D eigenvalue weighted by Crippen LogP contribution is -2.13. The average Bonchev–Trinajstić information content (AvgIpc) is 3.08. The minimum absolute atomic E-state index is 0.215. The van der Waals surface area contributed by atoms with Crippen LogP contribution in [0.2, 0.25) is 0 Å². The Balaban J connectivity index is 1.81. The van der Waals surface area contributed by atoms with E-state index in [1.807, 2.05) is 12.1 Å². The van der Waals surface area contributed by atoms with Gasteiger partial charge in [0.05, 0.1) is 17.9 Å². The first-order chi connectivity index (χ1) is 12.1. The van der Waals surface area contributed by atoms with Crippen LogP contribution in [0.1, 0.15) is 29.9 Å². The molecule has 0 spiro atoms. The zero-order chi connectivity index (χ0) is 17.8. The summed E-state index contributed by atoms with van der Waals surface area (Å²) in [7, 11) is 0. The number of carbonyl (C=O) groups is 1. The number of thiazole rings is 1. The fourth-order valence-electron chi connectivity index (χ4n) is 2.13. The maximum Gasteiger partial charge on any atom is 0.357 e. The van der Waals surface area contributed by atoms with Crippen LogP contribution in [0.4, 0.5) is 5.13 Å². The number of hydrazone groups is 1. The van der Waals surface area contributed by atoms with Crippen molar-refractivity contribution in [2.45, 2.75) is 13.8 Å². The largest absolute Gasteiger partial charge is 0.461 e. The van der Waals surface area contributed by atoms with Gasteiger partial charge in [-0.1, -0.05) is 18.2 Å². The number of nitrogens with one attached hydrogen (secondary N) is 1. The van der Waals surface area contributed by atoms with E-state index in [2.05, 4.69) is 15.5 Å². The Morgan fingerprint density at radius 3 is 3.00 bits per heavy atom. The molecule has 128 valence electrons. The molecular weight excluding hydrogens is 342 g/mol. The molecule has 0 bridgehead atoms. The van der Waals surface area contributed by atoms with E-state index in [0.29, 0.717) is 22.0 Å². The van der Waals surface area contributed by atoms with Gasteiger partial charge < -0.3 is 9.15 Å². The zero-order valence-electron chi connectivity index (χ0n) is 13.6. The maximum atomic E-state index is 12.1. The van der Waals surface area contributed by atoms with Crippen LogP contribution in [0.5, 0.6) is 0 Å². The molecule has 0 saturated heterocycles. The summed E-state index contributed by atoms with van der Waals surface area (Å²) in [5.41, 5.74) is 3.82. The molecule has 25 heavy (non-hydrogen) atoms. The van der Waals surface area contributed by atoms with Crippen molar-refractivity contribution in [2.24, 2.45) is 5.10 Å². The van der Waals surface area contributed by atoms with Crippen LogP contribution >= 0.6 is 11.3 Å². The molecule has 2 aromatic heterocycles. The predicted molar refractivity (Wildman–Crippen MR) is 96.4 cm³/mol. The summed E-state index contributed by atoms with van der Waals surface area (Å²) in [4.78, 5) is 27.8. The van der Waals surface area contributed by atoms with Gasteiger partial charge in [0, 0.05) is 10.8 Å². The molecule has 3 rings (SSSR count). The summed E-state index contributed by atoms with van der Waals surface area (Å²) >= 11 is 1.22. The third-order valence-electron chi connectivity index (χ3n) is 3.34. The van der Waals surface area contributed by atoms with Crippen molar-refractivity contribution < 1.29 is 13.9 Å². The number of fused-ring (bicyclic) bond motifs is 1. The number of carbonyl (C=O) groups excluding carboxylic acids is 1. The van der Waals surface area contributed by atoms with Crippen LogP contribution in [0.25, 0.3) is 11.0 Å². The lowest BCUT2D eigenvalue weighted by molar-refractivity contribution is 0.0520. The molecular formula is C17H15N3O4S. The number of aromatic nitrogens is 1. The summed E-state index contributed by atoms with van der Waals surface area (Å²) in [5.74, 6) is -0.484. The standard InChI is InChI=1S/C17H15N3O4S/c1-3-23-16(22)13-9-25-17(18-13)20-19-10(2)12-8-11-6-4-5-7-14(11)24-15(12)21/h4-9H,3H2,1-2H3,(H,18,20)/b19-10-. The molecule has 0 unspecified atom stereocenters. The monoisotopic (exact) mass is 357 g/mol. The maximum absolute atomic E-state index is 12.1. The van der Waals surface area contributed by atoms with E-state index >= 15 is 0 Å². The molecule has 0 saturated carbocycles. The van der Waals surface area contributed by atoms with E-state index < -0.39 is 11.6 Å². The number of hydrogen-bond acceptors (Lipinski definition) is 8. The Kier molecular flexibility index (Phi) is 4.90. The van der Waals surface area contributed by atoms with Gasteiger partial charge in [0.1, 0.15) is 5.58 Å². The van der Waals surface area contributed by atoms with Crippen molar-refractivity contribution in [2.75, 3.05) is 12.0 Å². The lowest BCUT2D eigenvalue weighted by atomic mass is 10.1. The van der Waals surface area contributed by atoms with Gasteiger partial charge in [0.2, 0.25) is 5.13 Å². The predicted octanol–water partition coefficient (Wildman–Crippen LogP) is 3.26. The average molecular weight is 357 g/mol. The molecule has 0 radical (unpaired) electrons. The fraction of sp³-hybridized carbons (Fsp3) is 0.176. The van der Waals surface area contributed by atoms with Crippen LogP contribution < -0.4 is 11.1 Å². The number of benzene rings is 1. The Hall–Kier alpha value is -3.00. The number of nitrogens with zero attached hydrogens (tertiary/aromatic N) is 2. The van der Waals surface area contributed by atoms with Crippen molar-refractivity contribution in [3.05, 3.63) is 57.4 Å². The highest BCUT2D eigenvalue weighted by Crippen LogP contribution is 2.17. The van der Waals surface area contributed by atoms with Crippen molar-refractivity contribution in [1.29, 1.82) is 0 Å². The normalized spacial score (nSPS) is 11.5. The van der Waals surface area contributed by atoms with Gasteiger partial charge in [-0.05, 0) is 26.0 Å². The van der Waals surface area contributed by atoms with E-state index in [-0.39, 0.29) is 12.3 Å². The van der Waals surface area contributed by atoms with Crippen molar-refractivity contribution >= 4 is 39.1 Å². The molecule has 1 aromatic carbocycles. The Morgan fingerprint density at radius 1 is 1.40 bits per heavy atom. The number of para-hydroxylation sites is 1. The molecule has 0 aliphatic rings. The first-order valence-electron chi connectivity index (χ1n) is 7.54. The quantitative estimate of drug-likeness (QED) is 0.326. The summed E-state index contributed by atoms with van der Waals surface area (Å²) in [6.45, 7) is 3.70. The van der Waals surface area contributed by atoms with Crippen molar-refractivity contribution in [3.63, 3.8) is 0 Å². The second-order valence-electron chi connectivity index (χ2n) is 5.05. The first-order valence-corrected chi connectivity index (χ1v) is 8.42. The molecule has 0 fully saturated rings. The lowest BCUT2D eigenvalue weighted by Gasteiger charge is -2.02. The number of hydrogen-bond donors (Lipinski definition) is 1. The van der Waals surface area contributed by atoms with Gasteiger partial charge in [0.15, 0.2) is 5.69 Å². The third kappa shape index (κ3) is 3.74. The van der Waals surface area contributed by atoms with Crippen LogP contribution in [-0.4, -0.2) is 23.3 Å². The molecule has 3 aromatic rings. The van der Waals surface area contributed by atoms with E-state index in [0.717, 1.165) is 5.39 Å². The highest BCUT2D eigenvalue weighted by atomic mass is 32.1. The summed E-state index contributed by atoms with van der Waals surface area (Å²) in [5, 5.41) is 6.97. The van der Waals surface area contributed by atoms with Crippen LogP contribution in [0.15, 0.2) is 50.0 Å². The number of rotatable bonds is 5. The van der Waals surface area contributed by atoms with Gasteiger partial charge in [-0.3, -0.25) is 5.43 Å².